The van der Waals surface area contributed by atoms with Crippen LogP contribution in [-0.4, -0.2) is 37.6 Å². The Balaban J connectivity index is 1.83. The van der Waals surface area contributed by atoms with Gasteiger partial charge < -0.3 is 10.6 Å². The summed E-state index contributed by atoms with van der Waals surface area (Å²) in [5, 5.41) is 18.8. The molecule has 140 valence electrons. The van der Waals surface area contributed by atoms with Crippen LogP contribution in [0.4, 0.5) is 5.82 Å². The predicted octanol–water partition coefficient (Wildman–Crippen LogP) is 1.16. The Hall–Kier alpha value is -2.52. The molecule has 1 amide bonds. The summed E-state index contributed by atoms with van der Waals surface area (Å²) in [4.78, 5) is 12.1. The number of nitrogens with one attached hydrogen (secondary N) is 2. The smallest absolute Gasteiger partial charge is 0.271 e. The van der Waals surface area contributed by atoms with Crippen molar-refractivity contribution in [3.8, 4) is 0 Å². The van der Waals surface area contributed by atoms with Crippen LogP contribution in [0.15, 0.2) is 41.3 Å². The van der Waals surface area contributed by atoms with Crippen molar-refractivity contribution in [3.05, 3.63) is 47.7 Å². The molecule has 9 heteroatoms. The molecule has 0 bridgehead atoms. The molecule has 0 aliphatic rings. The van der Waals surface area contributed by atoms with Gasteiger partial charge in [0.1, 0.15) is 5.82 Å². The van der Waals surface area contributed by atoms with E-state index in [9.17, 15) is 13.2 Å². The number of nitrogens with two attached hydrogens (primary N) is 1. The highest BCUT2D eigenvalue weighted by Gasteiger charge is 2.09. The molecule has 8 nitrogen and oxygen atoms in total. The number of primary sulfonamides is 1. The first-order valence-corrected chi connectivity index (χ1v) is 9.78. The van der Waals surface area contributed by atoms with Gasteiger partial charge in [0.2, 0.25) is 10.0 Å². The second kappa shape index (κ2) is 8.72. The van der Waals surface area contributed by atoms with Gasteiger partial charge in [-0.05, 0) is 42.2 Å². The molecule has 0 saturated carbocycles. The molecule has 0 aliphatic carbocycles. The molecule has 0 atom stereocenters. The van der Waals surface area contributed by atoms with E-state index in [4.69, 9.17) is 5.14 Å². The Morgan fingerprint density at radius 3 is 2.35 bits per heavy atom. The fourth-order valence-electron chi connectivity index (χ4n) is 2.11. The number of amides is 1. The van der Waals surface area contributed by atoms with E-state index < -0.39 is 10.0 Å². The topological polar surface area (TPSA) is 127 Å². The number of aromatic nitrogens is 2. The molecule has 0 saturated heterocycles. The van der Waals surface area contributed by atoms with Crippen LogP contribution in [0.2, 0.25) is 0 Å². The summed E-state index contributed by atoms with van der Waals surface area (Å²) in [6.07, 6.45) is 0.554. The maximum Gasteiger partial charge on any atom is 0.271 e. The van der Waals surface area contributed by atoms with E-state index in [1.54, 1.807) is 24.3 Å². The number of sulfonamides is 1. The zero-order valence-electron chi connectivity index (χ0n) is 14.8. The maximum atomic E-state index is 12.1. The van der Waals surface area contributed by atoms with Gasteiger partial charge >= 0.3 is 0 Å². The number of carbonyl (C=O) groups excluding carboxylic acids is 1. The third kappa shape index (κ3) is 6.08. The highest BCUT2D eigenvalue weighted by Crippen LogP contribution is 2.09. The number of benzene rings is 1. The summed E-state index contributed by atoms with van der Waals surface area (Å²) in [6.45, 7) is 5.35. The molecule has 1 aromatic heterocycles. The fraction of sp³-hybridized carbons (Fsp3) is 0.353. The lowest BCUT2D eigenvalue weighted by Gasteiger charge is -2.08. The first-order chi connectivity index (χ1) is 12.3. The van der Waals surface area contributed by atoms with Crippen molar-refractivity contribution in [1.29, 1.82) is 0 Å². The van der Waals surface area contributed by atoms with Crippen molar-refractivity contribution in [2.45, 2.75) is 25.2 Å². The third-order valence-corrected chi connectivity index (χ3v) is 4.47. The monoisotopic (exact) mass is 377 g/mol. The van der Waals surface area contributed by atoms with Gasteiger partial charge in [-0.2, -0.15) is 0 Å². The SMILES string of the molecule is CC(C)CNc1ccc(C(=O)NCCc2ccc(S(N)(=O)=O)cc2)nn1. The molecule has 2 aromatic rings. The Bertz CT molecular complexity index is 834. The highest BCUT2D eigenvalue weighted by atomic mass is 32.2. The molecule has 0 unspecified atom stereocenters. The van der Waals surface area contributed by atoms with Crippen molar-refractivity contribution in [2.24, 2.45) is 11.1 Å². The van der Waals surface area contributed by atoms with Crippen LogP contribution in [0.25, 0.3) is 0 Å². The standard InChI is InChI=1S/C17H23N5O3S/c1-12(2)11-20-16-8-7-15(21-22-16)17(23)19-10-9-13-3-5-14(6-4-13)26(18,24)25/h3-8,12H,9-11H2,1-2H3,(H,19,23)(H,20,22)(H2,18,24,25). The average molecular weight is 377 g/mol. The van der Waals surface area contributed by atoms with Crippen molar-refractivity contribution in [2.75, 3.05) is 18.4 Å². The Morgan fingerprint density at radius 2 is 1.81 bits per heavy atom. The van der Waals surface area contributed by atoms with Crippen LogP contribution in [0.3, 0.4) is 0 Å². The molecule has 2 rings (SSSR count). The molecule has 1 heterocycles. The molecular formula is C17H23N5O3S. The lowest BCUT2D eigenvalue weighted by atomic mass is 10.1. The minimum absolute atomic E-state index is 0.0618. The first-order valence-electron chi connectivity index (χ1n) is 8.23. The van der Waals surface area contributed by atoms with Crippen LogP contribution >= 0.6 is 0 Å². The Labute approximate surface area is 153 Å². The van der Waals surface area contributed by atoms with Gasteiger partial charge in [0, 0.05) is 13.1 Å². The number of hydrogen-bond acceptors (Lipinski definition) is 6. The Kier molecular flexibility index (Phi) is 6.64. The fourth-order valence-corrected chi connectivity index (χ4v) is 2.63. The first kappa shape index (κ1) is 19.8. The van der Waals surface area contributed by atoms with Crippen LogP contribution in [0, 0.1) is 5.92 Å². The van der Waals surface area contributed by atoms with Crippen LogP contribution < -0.4 is 15.8 Å². The molecule has 0 radical (unpaired) electrons. The molecule has 1 aromatic carbocycles. The van der Waals surface area contributed by atoms with E-state index >= 15 is 0 Å². The minimum Gasteiger partial charge on any atom is -0.368 e. The van der Waals surface area contributed by atoms with E-state index in [1.165, 1.54) is 12.1 Å². The van der Waals surface area contributed by atoms with Gasteiger partial charge in [-0.1, -0.05) is 26.0 Å². The third-order valence-electron chi connectivity index (χ3n) is 3.54. The molecule has 0 aliphatic heterocycles. The minimum atomic E-state index is -3.69. The van der Waals surface area contributed by atoms with E-state index in [0.717, 1.165) is 12.1 Å². The van der Waals surface area contributed by atoms with Gasteiger partial charge in [-0.3, -0.25) is 4.79 Å². The summed E-state index contributed by atoms with van der Waals surface area (Å²) in [6, 6.07) is 9.56. The number of hydrogen-bond donors (Lipinski definition) is 3. The van der Waals surface area contributed by atoms with Crippen molar-refractivity contribution < 1.29 is 13.2 Å². The van der Waals surface area contributed by atoms with Crippen molar-refractivity contribution in [3.63, 3.8) is 0 Å². The van der Waals surface area contributed by atoms with Crippen LogP contribution in [-0.2, 0) is 16.4 Å². The van der Waals surface area contributed by atoms with Gasteiger partial charge in [-0.25, -0.2) is 13.6 Å². The van der Waals surface area contributed by atoms with Crippen LogP contribution in [0.1, 0.15) is 29.9 Å². The lowest BCUT2D eigenvalue weighted by molar-refractivity contribution is 0.0948. The summed E-state index contributed by atoms with van der Waals surface area (Å²) in [5.41, 5.74) is 1.13. The summed E-state index contributed by atoms with van der Waals surface area (Å²) < 4.78 is 22.4. The molecule has 26 heavy (non-hydrogen) atoms. The summed E-state index contributed by atoms with van der Waals surface area (Å²) in [7, 11) is -3.69. The van der Waals surface area contributed by atoms with E-state index in [0.29, 0.717) is 24.7 Å². The number of nitrogens with zero attached hydrogens (tertiary/aromatic N) is 2. The lowest BCUT2D eigenvalue weighted by Crippen LogP contribution is -2.27. The predicted molar refractivity (Wildman–Crippen MR) is 99.2 cm³/mol. The van der Waals surface area contributed by atoms with Gasteiger partial charge in [0.25, 0.3) is 5.91 Å². The Morgan fingerprint density at radius 1 is 1.12 bits per heavy atom. The summed E-state index contributed by atoms with van der Waals surface area (Å²) in [5.74, 6) is 0.804. The second-order valence-electron chi connectivity index (χ2n) is 6.27. The number of anilines is 1. The van der Waals surface area contributed by atoms with Crippen LogP contribution in [0.5, 0.6) is 0 Å². The molecule has 0 fully saturated rings. The second-order valence-corrected chi connectivity index (χ2v) is 7.83. The average Bonchev–Trinajstić information content (AvgIpc) is 2.60. The molecular weight excluding hydrogens is 354 g/mol. The van der Waals surface area contributed by atoms with Gasteiger partial charge in [0.05, 0.1) is 4.90 Å². The summed E-state index contributed by atoms with van der Waals surface area (Å²) >= 11 is 0. The van der Waals surface area contributed by atoms with Gasteiger partial charge in [-0.15, -0.1) is 10.2 Å². The molecule has 4 N–H and O–H groups in total. The van der Waals surface area contributed by atoms with E-state index in [-0.39, 0.29) is 16.5 Å². The normalized spacial score (nSPS) is 11.4. The quantitative estimate of drug-likeness (QED) is 0.633. The van der Waals surface area contributed by atoms with E-state index in [2.05, 4.69) is 34.7 Å². The van der Waals surface area contributed by atoms with Crippen molar-refractivity contribution in [1.82, 2.24) is 15.5 Å². The highest BCUT2D eigenvalue weighted by molar-refractivity contribution is 7.89. The zero-order chi connectivity index (χ0) is 19.2. The van der Waals surface area contributed by atoms with Crippen molar-refractivity contribution >= 4 is 21.7 Å². The maximum absolute atomic E-state index is 12.1. The van der Waals surface area contributed by atoms with Gasteiger partial charge in [0.15, 0.2) is 5.69 Å². The number of carbonyl (C=O) groups is 1. The number of rotatable bonds is 8. The molecule has 0 spiro atoms. The largest absolute Gasteiger partial charge is 0.368 e. The zero-order valence-corrected chi connectivity index (χ0v) is 15.6. The van der Waals surface area contributed by atoms with E-state index in [1.807, 2.05) is 0 Å².